The van der Waals surface area contributed by atoms with E-state index in [1.807, 2.05) is 29.1 Å². The Hall–Kier alpha value is -2.13. The number of nitrogens with zero attached hydrogens (tertiary/aromatic N) is 1. The summed E-state index contributed by atoms with van der Waals surface area (Å²) in [6.45, 7) is 3.83. The predicted molar refractivity (Wildman–Crippen MR) is 83.3 cm³/mol. The summed E-state index contributed by atoms with van der Waals surface area (Å²) in [4.78, 5) is 0. The maximum atomic E-state index is 8.86. The number of nitrogens with one attached hydrogen (secondary N) is 1. The lowest BCUT2D eigenvalue weighted by atomic mass is 10.1. The van der Waals surface area contributed by atoms with Crippen LogP contribution in [0.15, 0.2) is 48.8 Å². The highest BCUT2D eigenvalue weighted by Crippen LogP contribution is 2.12. The van der Waals surface area contributed by atoms with Crippen molar-refractivity contribution in [2.45, 2.75) is 13.5 Å². The molecule has 0 amide bonds. The Morgan fingerprint density at radius 2 is 1.60 bits per heavy atom. The molecule has 1 aromatic heterocycles. The van der Waals surface area contributed by atoms with E-state index in [0.29, 0.717) is 6.54 Å². The zero-order valence-electron chi connectivity index (χ0n) is 11.8. The molecule has 0 unspecified atom stereocenters. The molecule has 2 aromatic rings. The number of benzene rings is 1. The summed E-state index contributed by atoms with van der Waals surface area (Å²) in [6, 6.07) is 12.5. The van der Waals surface area contributed by atoms with Crippen LogP contribution in [0.2, 0.25) is 0 Å². The molecule has 0 fully saturated rings. The molecular formula is C17H21N2O+. The van der Waals surface area contributed by atoms with Crippen molar-refractivity contribution in [1.29, 1.82) is 0 Å². The van der Waals surface area contributed by atoms with Crippen LogP contribution in [-0.2, 0) is 6.54 Å². The van der Waals surface area contributed by atoms with Crippen LogP contribution in [0.5, 0.6) is 0 Å². The van der Waals surface area contributed by atoms with Crippen molar-refractivity contribution in [1.82, 2.24) is 0 Å². The standard InChI is InChI=1S/C17H20N2O/c1-2-18-17-7-5-15(6-8-17)3-4-16-9-11-19(12-10-16)13-14-20/h3-12,20H,2,13-14H2,1H3/p+1. The van der Waals surface area contributed by atoms with Gasteiger partial charge in [0.25, 0.3) is 0 Å². The fourth-order valence-corrected chi connectivity index (χ4v) is 1.95. The molecule has 0 atom stereocenters. The second-order valence-corrected chi connectivity index (χ2v) is 4.58. The first kappa shape index (κ1) is 14.3. The molecule has 0 aliphatic heterocycles. The second kappa shape index (κ2) is 7.46. The van der Waals surface area contributed by atoms with E-state index in [9.17, 15) is 0 Å². The lowest BCUT2D eigenvalue weighted by Crippen LogP contribution is -2.34. The van der Waals surface area contributed by atoms with E-state index in [1.54, 1.807) is 0 Å². The summed E-state index contributed by atoms with van der Waals surface area (Å²) in [5, 5.41) is 12.1. The molecule has 0 radical (unpaired) electrons. The van der Waals surface area contributed by atoms with E-state index in [4.69, 9.17) is 5.11 Å². The van der Waals surface area contributed by atoms with E-state index < -0.39 is 0 Å². The summed E-state index contributed by atoms with van der Waals surface area (Å²) in [5.41, 5.74) is 3.48. The molecule has 104 valence electrons. The minimum absolute atomic E-state index is 0.165. The van der Waals surface area contributed by atoms with Crippen molar-refractivity contribution in [2.24, 2.45) is 0 Å². The fraction of sp³-hybridized carbons (Fsp3) is 0.235. The zero-order valence-corrected chi connectivity index (χ0v) is 11.8. The van der Waals surface area contributed by atoms with Crippen LogP contribution >= 0.6 is 0 Å². The van der Waals surface area contributed by atoms with Crippen molar-refractivity contribution >= 4 is 17.8 Å². The minimum Gasteiger partial charge on any atom is -0.390 e. The van der Waals surface area contributed by atoms with Gasteiger partial charge in [0.05, 0.1) is 0 Å². The number of hydrogen-bond donors (Lipinski definition) is 2. The largest absolute Gasteiger partial charge is 0.390 e. The number of rotatable bonds is 6. The number of anilines is 1. The zero-order chi connectivity index (χ0) is 14.2. The van der Waals surface area contributed by atoms with Gasteiger partial charge in [0, 0.05) is 24.4 Å². The smallest absolute Gasteiger partial charge is 0.171 e. The van der Waals surface area contributed by atoms with Gasteiger partial charge >= 0.3 is 0 Å². The van der Waals surface area contributed by atoms with Gasteiger partial charge in [-0.3, -0.25) is 0 Å². The Bertz CT molecular complexity index is 493. The van der Waals surface area contributed by atoms with E-state index >= 15 is 0 Å². The highest BCUT2D eigenvalue weighted by molar-refractivity contribution is 5.70. The molecule has 0 aliphatic rings. The van der Waals surface area contributed by atoms with Crippen LogP contribution < -0.4 is 9.88 Å². The van der Waals surface area contributed by atoms with Gasteiger partial charge < -0.3 is 10.4 Å². The van der Waals surface area contributed by atoms with Gasteiger partial charge in [0.1, 0.15) is 6.61 Å². The molecule has 0 saturated heterocycles. The molecule has 0 bridgehead atoms. The van der Waals surface area contributed by atoms with Crippen LogP contribution in [0.1, 0.15) is 18.1 Å². The number of hydrogen-bond acceptors (Lipinski definition) is 2. The van der Waals surface area contributed by atoms with Crippen LogP contribution in [0.4, 0.5) is 5.69 Å². The van der Waals surface area contributed by atoms with Crippen LogP contribution in [0, 0.1) is 0 Å². The number of aliphatic hydroxyl groups excluding tert-OH is 1. The predicted octanol–water partition coefficient (Wildman–Crippen LogP) is 2.57. The molecule has 0 saturated carbocycles. The lowest BCUT2D eigenvalue weighted by molar-refractivity contribution is -0.698. The molecule has 0 aliphatic carbocycles. The van der Waals surface area contributed by atoms with E-state index in [2.05, 4.69) is 48.7 Å². The van der Waals surface area contributed by atoms with Crippen molar-refractivity contribution in [3.05, 3.63) is 59.9 Å². The van der Waals surface area contributed by atoms with Crippen molar-refractivity contribution < 1.29 is 9.67 Å². The maximum Gasteiger partial charge on any atom is 0.171 e. The molecule has 3 nitrogen and oxygen atoms in total. The third-order valence-corrected chi connectivity index (χ3v) is 3.03. The van der Waals surface area contributed by atoms with Gasteiger partial charge in [-0.2, -0.15) is 0 Å². The molecule has 1 heterocycles. The van der Waals surface area contributed by atoms with E-state index in [-0.39, 0.29) is 6.61 Å². The number of aromatic nitrogens is 1. The first-order valence-electron chi connectivity index (χ1n) is 6.94. The Balaban J connectivity index is 2.01. The van der Waals surface area contributed by atoms with Crippen LogP contribution in [-0.4, -0.2) is 18.3 Å². The summed E-state index contributed by atoms with van der Waals surface area (Å²) in [7, 11) is 0. The molecule has 20 heavy (non-hydrogen) atoms. The molecule has 3 heteroatoms. The number of pyridine rings is 1. The Morgan fingerprint density at radius 1 is 1.00 bits per heavy atom. The van der Waals surface area contributed by atoms with E-state index in [1.165, 1.54) is 5.56 Å². The highest BCUT2D eigenvalue weighted by atomic mass is 16.3. The average Bonchev–Trinajstić information content (AvgIpc) is 2.49. The highest BCUT2D eigenvalue weighted by Gasteiger charge is 1.97. The van der Waals surface area contributed by atoms with Crippen LogP contribution in [0.3, 0.4) is 0 Å². The monoisotopic (exact) mass is 269 g/mol. The van der Waals surface area contributed by atoms with E-state index in [0.717, 1.165) is 17.8 Å². The van der Waals surface area contributed by atoms with Crippen molar-refractivity contribution in [3.8, 4) is 0 Å². The SMILES string of the molecule is CCNc1ccc(/C=C/c2cc[n+](CCO)cc2)cc1. The molecule has 2 N–H and O–H groups in total. The van der Waals surface area contributed by atoms with Crippen molar-refractivity contribution in [2.75, 3.05) is 18.5 Å². The summed E-state index contributed by atoms with van der Waals surface area (Å²) >= 11 is 0. The van der Waals surface area contributed by atoms with Gasteiger partial charge in [0.2, 0.25) is 0 Å². The third-order valence-electron chi connectivity index (χ3n) is 3.03. The Kier molecular flexibility index (Phi) is 5.33. The quantitative estimate of drug-likeness (QED) is 0.791. The minimum atomic E-state index is 0.165. The molecule has 0 spiro atoms. The molecule has 1 aromatic carbocycles. The van der Waals surface area contributed by atoms with Gasteiger partial charge in [-0.15, -0.1) is 0 Å². The summed E-state index contributed by atoms with van der Waals surface area (Å²) in [5.74, 6) is 0. The maximum absolute atomic E-state index is 8.86. The topological polar surface area (TPSA) is 36.1 Å². The fourth-order valence-electron chi connectivity index (χ4n) is 1.95. The second-order valence-electron chi connectivity index (χ2n) is 4.58. The van der Waals surface area contributed by atoms with Crippen molar-refractivity contribution in [3.63, 3.8) is 0 Å². The molecule has 2 rings (SSSR count). The van der Waals surface area contributed by atoms with Gasteiger partial charge in [-0.25, -0.2) is 4.57 Å². The Morgan fingerprint density at radius 3 is 2.15 bits per heavy atom. The van der Waals surface area contributed by atoms with Gasteiger partial charge in [-0.1, -0.05) is 24.3 Å². The number of aliphatic hydroxyl groups is 1. The molecular weight excluding hydrogens is 248 g/mol. The van der Waals surface area contributed by atoms with Crippen LogP contribution in [0.25, 0.3) is 12.2 Å². The third kappa shape index (κ3) is 4.21. The summed E-state index contributed by atoms with van der Waals surface area (Å²) in [6.07, 6.45) is 8.14. The average molecular weight is 269 g/mol. The first-order valence-corrected chi connectivity index (χ1v) is 6.94. The van der Waals surface area contributed by atoms with Gasteiger partial charge in [-0.05, 0) is 30.2 Å². The lowest BCUT2D eigenvalue weighted by Gasteiger charge is -2.02. The first-order chi connectivity index (χ1) is 9.81. The Labute approximate surface area is 120 Å². The normalized spacial score (nSPS) is 10.9. The summed E-state index contributed by atoms with van der Waals surface area (Å²) < 4.78 is 1.96. The van der Waals surface area contributed by atoms with Gasteiger partial charge in [0.15, 0.2) is 18.9 Å².